The Bertz CT molecular complexity index is 802. The van der Waals surface area contributed by atoms with Gasteiger partial charge in [0.05, 0.1) is 5.69 Å². The first-order valence-corrected chi connectivity index (χ1v) is 8.86. The summed E-state index contributed by atoms with van der Waals surface area (Å²) in [5.41, 5.74) is 3.51. The van der Waals surface area contributed by atoms with Crippen LogP contribution in [0.25, 0.3) is 0 Å². The smallest absolute Gasteiger partial charge is 0.317 e. The first-order valence-electron chi connectivity index (χ1n) is 7.64. The molecule has 0 unspecified atom stereocenters. The zero-order chi connectivity index (χ0) is 18.0. The molecule has 7 heteroatoms. The molecule has 128 valence electrons. The van der Waals surface area contributed by atoms with E-state index >= 15 is 0 Å². The van der Waals surface area contributed by atoms with Crippen molar-refractivity contribution in [3.63, 3.8) is 0 Å². The molecule has 6 nitrogen and oxygen atoms in total. The lowest BCUT2D eigenvalue weighted by Gasteiger charge is -2.36. The third-order valence-corrected chi connectivity index (χ3v) is 4.42. The van der Waals surface area contributed by atoms with Gasteiger partial charge in [-0.15, -0.1) is 0 Å². The van der Waals surface area contributed by atoms with Gasteiger partial charge in [-0.05, 0) is 48.1 Å². The molecule has 5 amide bonds. The van der Waals surface area contributed by atoms with Gasteiger partial charge in [-0.2, -0.15) is 0 Å². The number of hydrogen-bond donors (Lipinski definition) is 1. The standard InChI is InChI=1S/C18H17N3O3S/c1-20-17(23)21(18(20)24)15-9-5-13(6-10-15)11-12-3-7-14(8-4-12)19-16(22)25-2/h3-10H,11H2,1-2H3,(H,19,22). The van der Waals surface area contributed by atoms with E-state index in [9.17, 15) is 14.4 Å². The Balaban J connectivity index is 1.65. The van der Waals surface area contributed by atoms with Gasteiger partial charge >= 0.3 is 12.1 Å². The summed E-state index contributed by atoms with van der Waals surface area (Å²) in [7, 11) is 1.46. The van der Waals surface area contributed by atoms with Crippen LogP contribution in [0.1, 0.15) is 11.1 Å². The monoisotopic (exact) mass is 355 g/mol. The van der Waals surface area contributed by atoms with Crippen molar-refractivity contribution >= 4 is 40.4 Å². The largest absolute Gasteiger partial charge is 0.340 e. The third kappa shape index (κ3) is 3.51. The fraction of sp³-hybridized carbons (Fsp3) is 0.167. The quantitative estimate of drug-likeness (QED) is 0.894. The van der Waals surface area contributed by atoms with Crippen molar-refractivity contribution in [1.82, 2.24) is 4.90 Å². The topological polar surface area (TPSA) is 69.7 Å². The molecule has 0 saturated carbocycles. The fourth-order valence-electron chi connectivity index (χ4n) is 2.51. The molecule has 2 aromatic rings. The highest BCUT2D eigenvalue weighted by Crippen LogP contribution is 2.25. The Labute approximate surface area is 149 Å². The van der Waals surface area contributed by atoms with E-state index in [0.717, 1.165) is 44.8 Å². The van der Waals surface area contributed by atoms with Crippen molar-refractivity contribution in [2.45, 2.75) is 6.42 Å². The van der Waals surface area contributed by atoms with Crippen LogP contribution in [-0.4, -0.2) is 35.5 Å². The number of rotatable bonds is 4. The molecule has 0 spiro atoms. The van der Waals surface area contributed by atoms with E-state index < -0.39 is 0 Å². The van der Waals surface area contributed by atoms with Crippen LogP contribution < -0.4 is 10.2 Å². The highest BCUT2D eigenvalue weighted by molar-refractivity contribution is 8.13. The van der Waals surface area contributed by atoms with E-state index in [-0.39, 0.29) is 17.3 Å². The normalized spacial score (nSPS) is 13.7. The summed E-state index contributed by atoms with van der Waals surface area (Å²) in [5.74, 6) is 0. The molecule has 0 atom stereocenters. The fourth-order valence-corrected chi connectivity index (χ4v) is 2.73. The summed E-state index contributed by atoms with van der Waals surface area (Å²) in [6.07, 6.45) is 2.45. The van der Waals surface area contributed by atoms with Crippen LogP contribution in [0.4, 0.5) is 25.8 Å². The highest BCUT2D eigenvalue weighted by atomic mass is 32.2. The lowest BCUT2D eigenvalue weighted by molar-refractivity contribution is 0.182. The number of carbonyl (C=O) groups excluding carboxylic acids is 3. The molecular weight excluding hydrogens is 338 g/mol. The number of imide groups is 2. The molecule has 1 aliphatic heterocycles. The van der Waals surface area contributed by atoms with Crippen LogP contribution >= 0.6 is 11.8 Å². The second kappa shape index (κ2) is 6.98. The van der Waals surface area contributed by atoms with E-state index in [0.29, 0.717) is 5.69 Å². The first kappa shape index (κ1) is 17.0. The van der Waals surface area contributed by atoms with Gasteiger partial charge in [0, 0.05) is 12.7 Å². The zero-order valence-corrected chi connectivity index (χ0v) is 14.7. The summed E-state index contributed by atoms with van der Waals surface area (Å²) >= 11 is 1.13. The summed E-state index contributed by atoms with van der Waals surface area (Å²) < 4.78 is 0. The van der Waals surface area contributed by atoms with Crippen LogP contribution in [-0.2, 0) is 6.42 Å². The molecule has 1 heterocycles. The van der Waals surface area contributed by atoms with Crippen molar-refractivity contribution in [2.75, 3.05) is 23.5 Å². The van der Waals surface area contributed by atoms with Gasteiger partial charge in [0.25, 0.3) is 5.24 Å². The number of hydrogen-bond acceptors (Lipinski definition) is 4. The van der Waals surface area contributed by atoms with Crippen LogP contribution in [0, 0.1) is 0 Å². The Hall–Kier alpha value is -2.80. The summed E-state index contributed by atoms with van der Waals surface area (Å²) in [4.78, 5) is 36.9. The number of benzene rings is 2. The lowest BCUT2D eigenvalue weighted by Crippen LogP contribution is -2.62. The summed E-state index contributed by atoms with van der Waals surface area (Å²) in [5, 5.41) is 2.68. The second-order valence-corrected chi connectivity index (χ2v) is 6.40. The molecule has 0 bridgehead atoms. The predicted octanol–water partition coefficient (Wildman–Crippen LogP) is 4.16. The highest BCUT2D eigenvalue weighted by Gasteiger charge is 2.41. The van der Waals surface area contributed by atoms with Crippen LogP contribution in [0.15, 0.2) is 48.5 Å². The minimum Gasteiger partial charge on any atom is -0.317 e. The van der Waals surface area contributed by atoms with Crippen LogP contribution in [0.2, 0.25) is 0 Å². The van der Waals surface area contributed by atoms with Gasteiger partial charge in [-0.1, -0.05) is 36.0 Å². The van der Waals surface area contributed by atoms with Crippen molar-refractivity contribution in [3.8, 4) is 0 Å². The van der Waals surface area contributed by atoms with Gasteiger partial charge in [0.2, 0.25) is 0 Å². The van der Waals surface area contributed by atoms with Crippen molar-refractivity contribution in [1.29, 1.82) is 0 Å². The van der Waals surface area contributed by atoms with Crippen molar-refractivity contribution < 1.29 is 14.4 Å². The van der Waals surface area contributed by atoms with Gasteiger partial charge in [-0.25, -0.2) is 19.4 Å². The van der Waals surface area contributed by atoms with Gasteiger partial charge in [-0.3, -0.25) is 4.79 Å². The Kier molecular flexibility index (Phi) is 4.76. The third-order valence-electron chi connectivity index (χ3n) is 3.94. The molecule has 0 radical (unpaired) electrons. The summed E-state index contributed by atoms with van der Waals surface area (Å²) in [6.45, 7) is 0. The number of nitrogens with zero attached hydrogens (tertiary/aromatic N) is 2. The maximum absolute atomic E-state index is 11.7. The second-order valence-electron chi connectivity index (χ2n) is 5.62. The molecule has 25 heavy (non-hydrogen) atoms. The first-order chi connectivity index (χ1) is 12.0. The maximum atomic E-state index is 11.7. The van der Waals surface area contributed by atoms with E-state index in [1.54, 1.807) is 18.4 Å². The zero-order valence-electron chi connectivity index (χ0n) is 13.9. The number of thioether (sulfide) groups is 1. The van der Waals surface area contributed by atoms with Gasteiger partial charge in [0.1, 0.15) is 0 Å². The lowest BCUT2D eigenvalue weighted by atomic mass is 10.0. The maximum Gasteiger partial charge on any atom is 0.340 e. The predicted molar refractivity (Wildman–Crippen MR) is 99.3 cm³/mol. The van der Waals surface area contributed by atoms with Crippen molar-refractivity contribution in [2.24, 2.45) is 0 Å². The molecule has 0 aliphatic carbocycles. The Morgan fingerprint density at radius 3 is 2.00 bits per heavy atom. The number of amides is 5. The van der Waals surface area contributed by atoms with E-state index in [1.807, 2.05) is 36.4 Å². The SMILES string of the molecule is CSC(=O)Nc1ccc(Cc2ccc(N3C(=O)N(C)C3=O)cc2)cc1. The Morgan fingerprint density at radius 2 is 1.48 bits per heavy atom. The molecule has 2 aromatic carbocycles. The Morgan fingerprint density at radius 1 is 0.960 bits per heavy atom. The minimum atomic E-state index is -0.319. The molecule has 1 fully saturated rings. The van der Waals surface area contributed by atoms with E-state index in [4.69, 9.17) is 0 Å². The molecule has 1 N–H and O–H groups in total. The number of nitrogens with one attached hydrogen (secondary N) is 1. The van der Waals surface area contributed by atoms with E-state index in [2.05, 4.69) is 5.32 Å². The van der Waals surface area contributed by atoms with E-state index in [1.165, 1.54) is 7.05 Å². The molecular formula is C18H17N3O3S. The molecule has 1 aliphatic rings. The van der Waals surface area contributed by atoms with Gasteiger partial charge in [0.15, 0.2) is 0 Å². The molecule has 3 rings (SSSR count). The van der Waals surface area contributed by atoms with Crippen LogP contribution in [0.5, 0.6) is 0 Å². The van der Waals surface area contributed by atoms with Crippen LogP contribution in [0.3, 0.4) is 0 Å². The molecule has 1 saturated heterocycles. The van der Waals surface area contributed by atoms with Gasteiger partial charge < -0.3 is 5.32 Å². The summed E-state index contributed by atoms with van der Waals surface area (Å²) in [6, 6.07) is 14.4. The average Bonchev–Trinajstić information content (AvgIpc) is 2.64. The number of anilines is 2. The number of carbonyl (C=O) groups is 3. The number of urea groups is 2. The average molecular weight is 355 g/mol. The minimum absolute atomic E-state index is 0.0935. The molecule has 0 aromatic heterocycles. The van der Waals surface area contributed by atoms with Crippen molar-refractivity contribution in [3.05, 3.63) is 59.7 Å².